The standard InChI is InChI=1S/C14H21N3O2/c1-11(18)9-12-5-3-2-4-8-17(12)14(19)13-10-15-6-7-16-13/h6-7,10-12,18H,2-5,8-9H2,1H3. The summed E-state index contributed by atoms with van der Waals surface area (Å²) >= 11 is 0. The molecule has 0 aliphatic carbocycles. The van der Waals surface area contributed by atoms with Gasteiger partial charge in [0.05, 0.1) is 12.3 Å². The molecule has 2 rings (SSSR count). The molecule has 104 valence electrons. The summed E-state index contributed by atoms with van der Waals surface area (Å²) in [7, 11) is 0. The van der Waals surface area contributed by atoms with Crippen LogP contribution in [0.5, 0.6) is 0 Å². The van der Waals surface area contributed by atoms with E-state index < -0.39 is 0 Å². The monoisotopic (exact) mass is 263 g/mol. The first-order valence-electron chi connectivity index (χ1n) is 6.93. The van der Waals surface area contributed by atoms with Crippen molar-refractivity contribution in [3.8, 4) is 0 Å². The number of rotatable bonds is 3. The van der Waals surface area contributed by atoms with Crippen LogP contribution in [0.15, 0.2) is 18.6 Å². The molecule has 0 bridgehead atoms. The maximum absolute atomic E-state index is 12.5. The molecule has 2 heterocycles. The third-order valence-corrected chi connectivity index (χ3v) is 3.53. The van der Waals surface area contributed by atoms with E-state index in [1.807, 2.05) is 4.90 Å². The number of aromatic nitrogens is 2. The molecule has 5 nitrogen and oxygen atoms in total. The van der Waals surface area contributed by atoms with Gasteiger partial charge in [0.2, 0.25) is 0 Å². The molecule has 2 atom stereocenters. The predicted octanol–water partition coefficient (Wildman–Crippen LogP) is 1.63. The van der Waals surface area contributed by atoms with E-state index >= 15 is 0 Å². The summed E-state index contributed by atoms with van der Waals surface area (Å²) < 4.78 is 0. The van der Waals surface area contributed by atoms with Gasteiger partial charge in [-0.2, -0.15) is 0 Å². The van der Waals surface area contributed by atoms with Gasteiger partial charge in [-0.05, 0) is 26.2 Å². The van der Waals surface area contributed by atoms with Gasteiger partial charge in [0, 0.05) is 25.0 Å². The number of aliphatic hydroxyl groups excluding tert-OH is 1. The summed E-state index contributed by atoms with van der Waals surface area (Å²) in [5.41, 5.74) is 0.389. The molecule has 1 aliphatic heterocycles. The fraction of sp³-hybridized carbons (Fsp3) is 0.643. The zero-order valence-electron chi connectivity index (χ0n) is 11.3. The lowest BCUT2D eigenvalue weighted by Crippen LogP contribution is -2.41. The molecule has 0 radical (unpaired) electrons. The minimum absolute atomic E-state index is 0.0688. The van der Waals surface area contributed by atoms with Crippen molar-refractivity contribution in [2.75, 3.05) is 6.54 Å². The number of hydrogen-bond donors (Lipinski definition) is 1. The van der Waals surface area contributed by atoms with Crippen molar-refractivity contribution in [3.05, 3.63) is 24.3 Å². The molecule has 1 aromatic heterocycles. The zero-order valence-corrected chi connectivity index (χ0v) is 11.3. The van der Waals surface area contributed by atoms with E-state index in [0.717, 1.165) is 32.2 Å². The van der Waals surface area contributed by atoms with Crippen LogP contribution in [0, 0.1) is 0 Å². The van der Waals surface area contributed by atoms with Gasteiger partial charge in [-0.3, -0.25) is 9.78 Å². The Morgan fingerprint density at radius 3 is 3.00 bits per heavy atom. The SMILES string of the molecule is CC(O)CC1CCCCCN1C(=O)c1cnccn1. The number of carbonyl (C=O) groups is 1. The van der Waals surface area contributed by atoms with Crippen LogP contribution in [0.1, 0.15) is 49.5 Å². The van der Waals surface area contributed by atoms with E-state index in [-0.39, 0.29) is 18.1 Å². The second-order valence-electron chi connectivity index (χ2n) is 5.18. The number of hydrogen-bond acceptors (Lipinski definition) is 4. The summed E-state index contributed by atoms with van der Waals surface area (Å²) in [4.78, 5) is 22.4. The van der Waals surface area contributed by atoms with E-state index in [1.165, 1.54) is 12.4 Å². The van der Waals surface area contributed by atoms with Gasteiger partial charge in [0.15, 0.2) is 0 Å². The van der Waals surface area contributed by atoms with Gasteiger partial charge < -0.3 is 10.0 Å². The second kappa shape index (κ2) is 6.61. The highest BCUT2D eigenvalue weighted by molar-refractivity contribution is 5.92. The molecule has 19 heavy (non-hydrogen) atoms. The molecule has 2 unspecified atom stereocenters. The number of amides is 1. The normalized spacial score (nSPS) is 21.8. The van der Waals surface area contributed by atoms with Gasteiger partial charge in [0.25, 0.3) is 5.91 Å². The molecule has 5 heteroatoms. The maximum atomic E-state index is 12.5. The third-order valence-electron chi connectivity index (χ3n) is 3.53. The molecular weight excluding hydrogens is 242 g/mol. The number of nitrogens with zero attached hydrogens (tertiary/aromatic N) is 3. The van der Waals surface area contributed by atoms with Gasteiger partial charge >= 0.3 is 0 Å². The summed E-state index contributed by atoms with van der Waals surface area (Å²) in [6.45, 7) is 2.52. The molecule has 1 aliphatic rings. The van der Waals surface area contributed by atoms with Crippen molar-refractivity contribution < 1.29 is 9.90 Å². The summed E-state index contributed by atoms with van der Waals surface area (Å²) in [5.74, 6) is -0.0688. The molecule has 1 amide bonds. The van der Waals surface area contributed by atoms with Crippen molar-refractivity contribution in [1.29, 1.82) is 0 Å². The van der Waals surface area contributed by atoms with E-state index in [9.17, 15) is 9.90 Å². The van der Waals surface area contributed by atoms with Gasteiger partial charge in [-0.25, -0.2) is 4.98 Å². The van der Waals surface area contributed by atoms with Crippen molar-refractivity contribution in [1.82, 2.24) is 14.9 Å². The Bertz CT molecular complexity index is 408. The minimum atomic E-state index is -0.389. The van der Waals surface area contributed by atoms with E-state index in [1.54, 1.807) is 13.1 Å². The smallest absolute Gasteiger partial charge is 0.274 e. The van der Waals surface area contributed by atoms with Crippen LogP contribution < -0.4 is 0 Å². The third kappa shape index (κ3) is 3.73. The summed E-state index contributed by atoms with van der Waals surface area (Å²) in [6, 6.07) is 0.108. The summed E-state index contributed by atoms with van der Waals surface area (Å²) in [5, 5.41) is 9.60. The zero-order chi connectivity index (χ0) is 13.7. The van der Waals surface area contributed by atoms with Crippen molar-refractivity contribution >= 4 is 5.91 Å². The average Bonchev–Trinajstić information content (AvgIpc) is 2.64. The molecule has 1 saturated heterocycles. The lowest BCUT2D eigenvalue weighted by atomic mass is 10.0. The van der Waals surface area contributed by atoms with Crippen LogP contribution >= 0.6 is 0 Å². The first-order chi connectivity index (χ1) is 9.18. The summed E-state index contributed by atoms with van der Waals surface area (Å²) in [6.07, 6.45) is 9.07. The molecule has 1 aromatic rings. The van der Waals surface area contributed by atoms with Crippen molar-refractivity contribution in [2.24, 2.45) is 0 Å². The van der Waals surface area contributed by atoms with E-state index in [2.05, 4.69) is 9.97 Å². The molecular formula is C14H21N3O2. The molecule has 1 N–H and O–H groups in total. The van der Waals surface area contributed by atoms with Crippen LogP contribution in [0.3, 0.4) is 0 Å². The van der Waals surface area contributed by atoms with Crippen molar-refractivity contribution in [3.63, 3.8) is 0 Å². The Morgan fingerprint density at radius 1 is 1.47 bits per heavy atom. The van der Waals surface area contributed by atoms with Crippen LogP contribution in [-0.2, 0) is 0 Å². The largest absolute Gasteiger partial charge is 0.393 e. The molecule has 0 saturated carbocycles. The van der Waals surface area contributed by atoms with Crippen molar-refractivity contribution in [2.45, 2.75) is 51.2 Å². The quantitative estimate of drug-likeness (QED) is 0.900. The Balaban J connectivity index is 2.15. The van der Waals surface area contributed by atoms with E-state index in [4.69, 9.17) is 0 Å². The van der Waals surface area contributed by atoms with Gasteiger partial charge in [0.1, 0.15) is 5.69 Å². The highest BCUT2D eigenvalue weighted by atomic mass is 16.3. The van der Waals surface area contributed by atoms with Gasteiger partial charge in [-0.1, -0.05) is 12.8 Å². The number of carbonyl (C=O) groups excluding carboxylic acids is 1. The van der Waals surface area contributed by atoms with Crippen LogP contribution in [0.25, 0.3) is 0 Å². The highest BCUT2D eigenvalue weighted by Crippen LogP contribution is 2.22. The fourth-order valence-corrected chi connectivity index (χ4v) is 2.64. The van der Waals surface area contributed by atoms with Crippen LogP contribution in [0.2, 0.25) is 0 Å². The Labute approximate surface area is 113 Å². The molecule has 0 spiro atoms. The second-order valence-corrected chi connectivity index (χ2v) is 5.18. The first-order valence-corrected chi connectivity index (χ1v) is 6.93. The molecule has 0 aromatic carbocycles. The topological polar surface area (TPSA) is 66.3 Å². The van der Waals surface area contributed by atoms with E-state index in [0.29, 0.717) is 12.1 Å². The predicted molar refractivity (Wildman–Crippen MR) is 71.6 cm³/mol. The Kier molecular flexibility index (Phi) is 4.85. The lowest BCUT2D eigenvalue weighted by molar-refractivity contribution is 0.0601. The van der Waals surface area contributed by atoms with Gasteiger partial charge in [-0.15, -0.1) is 0 Å². The molecule has 1 fully saturated rings. The first kappa shape index (κ1) is 13.9. The maximum Gasteiger partial charge on any atom is 0.274 e. The number of likely N-dealkylation sites (tertiary alicyclic amines) is 1. The lowest BCUT2D eigenvalue weighted by Gasteiger charge is -2.30. The fourth-order valence-electron chi connectivity index (χ4n) is 2.64. The Hall–Kier alpha value is -1.49. The highest BCUT2D eigenvalue weighted by Gasteiger charge is 2.27. The number of aliphatic hydroxyl groups is 1. The Morgan fingerprint density at radius 2 is 2.32 bits per heavy atom. The average molecular weight is 263 g/mol. The van der Waals surface area contributed by atoms with Crippen LogP contribution in [-0.4, -0.2) is 44.6 Å². The minimum Gasteiger partial charge on any atom is -0.393 e. The van der Waals surface area contributed by atoms with Crippen LogP contribution in [0.4, 0.5) is 0 Å².